The van der Waals surface area contributed by atoms with Crippen LogP contribution in [0.25, 0.3) is 0 Å². The van der Waals surface area contributed by atoms with E-state index in [0.717, 1.165) is 19.3 Å². The van der Waals surface area contributed by atoms with Crippen molar-refractivity contribution in [1.29, 1.82) is 0 Å². The van der Waals surface area contributed by atoms with Gasteiger partial charge >= 0.3 is 0 Å². The highest BCUT2D eigenvalue weighted by molar-refractivity contribution is 4.76. The summed E-state index contributed by atoms with van der Waals surface area (Å²) in [6, 6.07) is 0. The molecule has 0 aromatic heterocycles. The van der Waals surface area contributed by atoms with E-state index in [0.29, 0.717) is 0 Å². The molecule has 0 bridgehead atoms. The van der Waals surface area contributed by atoms with Crippen molar-refractivity contribution >= 4 is 0 Å². The van der Waals surface area contributed by atoms with E-state index in [4.69, 9.17) is 0 Å². The summed E-state index contributed by atoms with van der Waals surface area (Å²) in [5.41, 5.74) is -0.371. The molecule has 0 unspecified atom stereocenters. The monoisotopic (exact) mass is 340 g/mol. The molecule has 0 saturated heterocycles. The van der Waals surface area contributed by atoms with Gasteiger partial charge in [-0.2, -0.15) is 0 Å². The van der Waals surface area contributed by atoms with E-state index in [2.05, 4.69) is 20.8 Å². The molecular weight excluding hydrogens is 292 g/mol. The molecule has 0 heterocycles. The first-order valence-corrected chi connectivity index (χ1v) is 11.4. The molecule has 0 saturated carbocycles. The maximum absolute atomic E-state index is 10.8. The van der Waals surface area contributed by atoms with Gasteiger partial charge < -0.3 is 5.11 Å². The van der Waals surface area contributed by atoms with Gasteiger partial charge in [-0.1, -0.05) is 124 Å². The lowest BCUT2D eigenvalue weighted by atomic mass is 9.87. The summed E-state index contributed by atoms with van der Waals surface area (Å²) in [5, 5.41) is 10.8. The van der Waals surface area contributed by atoms with E-state index in [-0.39, 0.29) is 5.60 Å². The van der Waals surface area contributed by atoms with Crippen molar-refractivity contribution in [2.45, 2.75) is 148 Å². The normalized spacial score (nSPS) is 12.0. The summed E-state index contributed by atoms with van der Waals surface area (Å²) in [6.45, 7) is 6.71. The summed E-state index contributed by atoms with van der Waals surface area (Å²) in [4.78, 5) is 0. The van der Waals surface area contributed by atoms with Crippen molar-refractivity contribution in [2.24, 2.45) is 0 Å². The number of hydrogen-bond donors (Lipinski definition) is 1. The van der Waals surface area contributed by atoms with Gasteiger partial charge in [0.05, 0.1) is 5.60 Å². The quantitative estimate of drug-likeness (QED) is 0.235. The summed E-state index contributed by atoms with van der Waals surface area (Å²) in [6.07, 6.45) is 24.6. The van der Waals surface area contributed by atoms with Gasteiger partial charge in [-0.05, 0) is 19.3 Å². The number of rotatable bonds is 19. The SMILES string of the molecule is CCCCCCCCCCC(O)(CC)CCCCCCCCCC. The fourth-order valence-corrected chi connectivity index (χ4v) is 3.65. The highest BCUT2D eigenvalue weighted by Gasteiger charge is 2.23. The Bertz CT molecular complexity index is 216. The van der Waals surface area contributed by atoms with E-state index < -0.39 is 0 Å². The minimum absolute atomic E-state index is 0.371. The molecule has 0 aromatic carbocycles. The van der Waals surface area contributed by atoms with E-state index in [1.54, 1.807) is 0 Å². The largest absolute Gasteiger partial charge is 0.390 e. The van der Waals surface area contributed by atoms with Crippen molar-refractivity contribution in [1.82, 2.24) is 0 Å². The first-order valence-electron chi connectivity index (χ1n) is 11.4. The van der Waals surface area contributed by atoms with Crippen molar-refractivity contribution in [3.63, 3.8) is 0 Å². The van der Waals surface area contributed by atoms with Crippen LogP contribution >= 0.6 is 0 Å². The van der Waals surface area contributed by atoms with Crippen molar-refractivity contribution in [3.05, 3.63) is 0 Å². The first-order chi connectivity index (χ1) is 11.7. The Morgan fingerprint density at radius 3 is 1.04 bits per heavy atom. The summed E-state index contributed by atoms with van der Waals surface area (Å²) in [5.74, 6) is 0. The van der Waals surface area contributed by atoms with Crippen LogP contribution in [0.2, 0.25) is 0 Å². The summed E-state index contributed by atoms with van der Waals surface area (Å²) in [7, 11) is 0. The van der Waals surface area contributed by atoms with Crippen molar-refractivity contribution < 1.29 is 5.11 Å². The summed E-state index contributed by atoms with van der Waals surface area (Å²) < 4.78 is 0. The molecule has 0 spiro atoms. The number of aliphatic hydroxyl groups is 1. The Hall–Kier alpha value is -0.0400. The zero-order chi connectivity index (χ0) is 17.9. The molecule has 1 nitrogen and oxygen atoms in total. The number of hydrogen-bond acceptors (Lipinski definition) is 1. The van der Waals surface area contributed by atoms with Gasteiger partial charge in [0.1, 0.15) is 0 Å². The molecule has 0 rings (SSSR count). The molecule has 146 valence electrons. The maximum atomic E-state index is 10.8. The fourth-order valence-electron chi connectivity index (χ4n) is 3.65. The Balaban J connectivity index is 3.51. The molecule has 24 heavy (non-hydrogen) atoms. The molecule has 1 heteroatoms. The number of unbranched alkanes of at least 4 members (excludes halogenated alkanes) is 14. The van der Waals surface area contributed by atoms with E-state index in [9.17, 15) is 5.11 Å². The molecule has 0 amide bonds. The molecule has 0 aliphatic carbocycles. The molecule has 0 atom stereocenters. The zero-order valence-electron chi connectivity index (χ0n) is 17.4. The molecule has 0 aromatic rings. The van der Waals surface area contributed by atoms with Crippen LogP contribution in [0.15, 0.2) is 0 Å². The van der Waals surface area contributed by atoms with Gasteiger partial charge in [-0.15, -0.1) is 0 Å². The van der Waals surface area contributed by atoms with Gasteiger partial charge in [0.15, 0.2) is 0 Å². The average Bonchev–Trinajstić information content (AvgIpc) is 2.59. The minimum atomic E-state index is -0.371. The van der Waals surface area contributed by atoms with Crippen LogP contribution in [-0.2, 0) is 0 Å². The van der Waals surface area contributed by atoms with E-state index >= 15 is 0 Å². The second kappa shape index (κ2) is 17.8. The standard InChI is InChI=1S/C23H48O/c1-4-7-9-11-13-15-17-19-21-23(24,6-3)22-20-18-16-14-12-10-8-5-2/h24H,4-22H2,1-3H3. The van der Waals surface area contributed by atoms with Gasteiger partial charge in [-0.25, -0.2) is 0 Å². The Labute approximate surface area is 154 Å². The predicted molar refractivity (Wildman–Crippen MR) is 110 cm³/mol. The van der Waals surface area contributed by atoms with Crippen molar-refractivity contribution in [2.75, 3.05) is 0 Å². The Kier molecular flexibility index (Phi) is 17.7. The van der Waals surface area contributed by atoms with E-state index in [1.165, 1.54) is 103 Å². The lowest BCUT2D eigenvalue weighted by Gasteiger charge is -2.27. The predicted octanol–water partition coefficient (Wildman–Crippen LogP) is 8.19. The third kappa shape index (κ3) is 15.5. The molecule has 1 N–H and O–H groups in total. The average molecular weight is 341 g/mol. The molecule has 0 aliphatic rings. The van der Waals surface area contributed by atoms with Gasteiger partial charge in [-0.3, -0.25) is 0 Å². The van der Waals surface area contributed by atoms with Crippen LogP contribution in [0.5, 0.6) is 0 Å². The lowest BCUT2D eigenvalue weighted by Crippen LogP contribution is -2.27. The highest BCUT2D eigenvalue weighted by atomic mass is 16.3. The van der Waals surface area contributed by atoms with Crippen LogP contribution < -0.4 is 0 Å². The van der Waals surface area contributed by atoms with Crippen LogP contribution in [0, 0.1) is 0 Å². The van der Waals surface area contributed by atoms with Crippen LogP contribution in [0.1, 0.15) is 143 Å². The van der Waals surface area contributed by atoms with Gasteiger partial charge in [0.2, 0.25) is 0 Å². The molecular formula is C23H48O. The summed E-state index contributed by atoms with van der Waals surface area (Å²) >= 11 is 0. The Morgan fingerprint density at radius 2 is 0.750 bits per heavy atom. The second-order valence-corrected chi connectivity index (χ2v) is 8.03. The van der Waals surface area contributed by atoms with Crippen LogP contribution in [0.3, 0.4) is 0 Å². The molecule has 0 fully saturated rings. The highest BCUT2D eigenvalue weighted by Crippen LogP contribution is 2.26. The minimum Gasteiger partial charge on any atom is -0.390 e. The maximum Gasteiger partial charge on any atom is 0.0645 e. The van der Waals surface area contributed by atoms with Gasteiger partial charge in [0, 0.05) is 0 Å². The second-order valence-electron chi connectivity index (χ2n) is 8.03. The Morgan fingerprint density at radius 1 is 0.458 bits per heavy atom. The molecule has 0 aliphatic heterocycles. The zero-order valence-corrected chi connectivity index (χ0v) is 17.4. The van der Waals surface area contributed by atoms with Crippen molar-refractivity contribution in [3.8, 4) is 0 Å². The van der Waals surface area contributed by atoms with E-state index in [1.807, 2.05) is 0 Å². The smallest absolute Gasteiger partial charge is 0.0645 e. The van der Waals surface area contributed by atoms with Crippen LogP contribution in [-0.4, -0.2) is 10.7 Å². The molecule has 0 radical (unpaired) electrons. The lowest BCUT2D eigenvalue weighted by molar-refractivity contribution is 0.0140. The fraction of sp³-hybridized carbons (Fsp3) is 1.00. The van der Waals surface area contributed by atoms with Gasteiger partial charge in [0.25, 0.3) is 0 Å². The topological polar surface area (TPSA) is 20.2 Å². The third-order valence-corrected chi connectivity index (χ3v) is 5.65. The third-order valence-electron chi connectivity index (χ3n) is 5.65. The van der Waals surface area contributed by atoms with Crippen LogP contribution in [0.4, 0.5) is 0 Å². The first kappa shape index (κ1) is 24.0.